The Hall–Kier alpha value is -1.93. The minimum Gasteiger partial charge on any atom is -1.00 e. The van der Waals surface area contributed by atoms with Crippen LogP contribution in [0.25, 0.3) is 27.1 Å². The third-order valence-electron chi connectivity index (χ3n) is 4.91. The minimum atomic E-state index is 0. The molecule has 0 amide bonds. The van der Waals surface area contributed by atoms with Gasteiger partial charge in [0, 0.05) is 0 Å². The van der Waals surface area contributed by atoms with E-state index < -0.39 is 0 Å². The van der Waals surface area contributed by atoms with Crippen molar-refractivity contribution in [1.82, 2.24) is 0 Å². The summed E-state index contributed by atoms with van der Waals surface area (Å²) in [7, 11) is 3.33. The van der Waals surface area contributed by atoms with E-state index in [0.717, 1.165) is 29.1 Å². The number of allylic oxidation sites excluding steroid dienone is 4. The summed E-state index contributed by atoms with van der Waals surface area (Å²) < 4.78 is 10.7. The summed E-state index contributed by atoms with van der Waals surface area (Å²) in [5.41, 5.74) is 2.03. The number of fused-ring (bicyclic) bond motifs is 3. The molecular weight excluding hydrogens is 506 g/mol. The van der Waals surface area contributed by atoms with Crippen molar-refractivity contribution in [2.45, 2.75) is 6.42 Å². The van der Waals surface area contributed by atoms with E-state index in [9.17, 15) is 0 Å². The first-order valence-corrected chi connectivity index (χ1v) is 9.33. The molecule has 0 atom stereocenters. The molecule has 0 aromatic heterocycles. The number of ether oxygens (including phenoxy) is 2. The van der Waals surface area contributed by atoms with Crippen LogP contribution in [0.15, 0.2) is 84.9 Å². The second-order valence-corrected chi connectivity index (χ2v) is 6.55. The first kappa shape index (κ1) is 27.1. The van der Waals surface area contributed by atoms with Gasteiger partial charge in [-0.3, -0.25) is 0 Å². The van der Waals surface area contributed by atoms with Gasteiger partial charge in [-0.15, -0.1) is 45.8 Å². The zero-order valence-electron chi connectivity index (χ0n) is 17.4. The standard InChI is InChI=1S/C13H13O2.C13H9.2ClH.Zr/c1-14-11-8-5-9-12(15-2)13(11)10-6-3-4-7-10;1-3-7-12-10(5-1)9-11-6-2-4-8-13(11)12;;;/h3,5-6,8-9H,4H2,1-2H3;1-9H;2*1H;/q2*-1;;;+4/p-2. The van der Waals surface area contributed by atoms with E-state index >= 15 is 0 Å². The van der Waals surface area contributed by atoms with Crippen molar-refractivity contribution >= 4 is 27.1 Å². The Bertz CT molecular complexity index is 1110. The maximum absolute atomic E-state index is 5.33. The quantitative estimate of drug-likeness (QED) is 0.362. The molecule has 1 aliphatic rings. The number of benzene rings is 3. The molecular formula is C26H22Cl2O2Zr. The molecule has 0 spiro atoms. The number of hydrogen-bond donors (Lipinski definition) is 0. The molecule has 1 aliphatic carbocycles. The normalized spacial score (nSPS) is 11.4. The van der Waals surface area contributed by atoms with Gasteiger partial charge in [-0.25, -0.2) is 0 Å². The predicted molar refractivity (Wildman–Crippen MR) is 117 cm³/mol. The van der Waals surface area contributed by atoms with Crippen LogP contribution >= 0.6 is 0 Å². The minimum absolute atomic E-state index is 0. The molecule has 0 bridgehead atoms. The Balaban J connectivity index is 0.000000284. The number of methoxy groups -OCH3 is 2. The Labute approximate surface area is 215 Å². The van der Waals surface area contributed by atoms with Crippen LogP contribution < -0.4 is 34.3 Å². The second kappa shape index (κ2) is 12.8. The second-order valence-electron chi connectivity index (χ2n) is 6.55. The maximum atomic E-state index is 5.33. The third-order valence-corrected chi connectivity index (χ3v) is 4.91. The molecule has 5 rings (SSSR count). The van der Waals surface area contributed by atoms with E-state index in [1.165, 1.54) is 21.5 Å². The first-order valence-electron chi connectivity index (χ1n) is 9.33. The van der Waals surface area contributed by atoms with Crippen molar-refractivity contribution in [1.29, 1.82) is 0 Å². The summed E-state index contributed by atoms with van der Waals surface area (Å²) in [6, 6.07) is 25.1. The van der Waals surface area contributed by atoms with Crippen LogP contribution in [0, 0.1) is 6.08 Å². The molecule has 5 heteroatoms. The molecule has 156 valence electrons. The molecule has 4 aromatic carbocycles. The van der Waals surface area contributed by atoms with Crippen LogP contribution in [0.2, 0.25) is 0 Å². The van der Waals surface area contributed by atoms with Crippen molar-refractivity contribution in [3.8, 4) is 11.5 Å². The summed E-state index contributed by atoms with van der Waals surface area (Å²) in [5.74, 6) is 1.65. The molecule has 0 aliphatic heterocycles. The fourth-order valence-corrected chi connectivity index (χ4v) is 3.60. The van der Waals surface area contributed by atoms with Gasteiger partial charge in [0.15, 0.2) is 0 Å². The maximum Gasteiger partial charge on any atom is 4.00 e. The molecule has 0 saturated carbocycles. The average molecular weight is 529 g/mol. The summed E-state index contributed by atoms with van der Waals surface area (Å²) in [5, 5.41) is 5.39. The van der Waals surface area contributed by atoms with E-state index in [1.54, 1.807) is 14.2 Å². The topological polar surface area (TPSA) is 18.5 Å². The number of rotatable bonds is 3. The molecule has 4 aromatic rings. The smallest absolute Gasteiger partial charge is 1.00 e. The van der Waals surface area contributed by atoms with Crippen LogP contribution in [-0.4, -0.2) is 14.2 Å². The van der Waals surface area contributed by atoms with Gasteiger partial charge < -0.3 is 34.3 Å². The fraction of sp³-hybridized carbons (Fsp3) is 0.115. The average Bonchev–Trinajstić information content (AvgIpc) is 3.41. The van der Waals surface area contributed by atoms with Gasteiger partial charge >= 0.3 is 26.2 Å². The fourth-order valence-electron chi connectivity index (χ4n) is 3.60. The summed E-state index contributed by atoms with van der Waals surface area (Å²) in [6.45, 7) is 0. The van der Waals surface area contributed by atoms with Gasteiger partial charge in [0.05, 0.1) is 25.7 Å². The van der Waals surface area contributed by atoms with Gasteiger partial charge in [-0.05, 0) is 17.7 Å². The van der Waals surface area contributed by atoms with Crippen molar-refractivity contribution in [2.75, 3.05) is 14.2 Å². The Morgan fingerprint density at radius 2 is 1.26 bits per heavy atom. The van der Waals surface area contributed by atoms with Crippen molar-refractivity contribution in [3.63, 3.8) is 0 Å². The summed E-state index contributed by atoms with van der Waals surface area (Å²) in [4.78, 5) is 0. The largest absolute Gasteiger partial charge is 4.00 e. The molecule has 0 heterocycles. The van der Waals surface area contributed by atoms with Gasteiger partial charge in [-0.2, -0.15) is 17.7 Å². The Kier molecular flexibility index (Phi) is 11.2. The van der Waals surface area contributed by atoms with E-state index in [0.29, 0.717) is 0 Å². The van der Waals surface area contributed by atoms with Crippen molar-refractivity contribution in [3.05, 3.63) is 96.6 Å². The number of hydrogen-bond acceptors (Lipinski definition) is 2. The van der Waals surface area contributed by atoms with Gasteiger partial charge in [0.1, 0.15) is 0 Å². The molecule has 0 fully saturated rings. The Morgan fingerprint density at radius 3 is 1.71 bits per heavy atom. The first-order chi connectivity index (χ1) is 13.8. The molecule has 0 radical (unpaired) electrons. The van der Waals surface area contributed by atoms with Crippen molar-refractivity contribution < 1.29 is 60.5 Å². The molecule has 31 heavy (non-hydrogen) atoms. The number of halogens is 2. The summed E-state index contributed by atoms with van der Waals surface area (Å²) in [6.07, 6.45) is 8.24. The third kappa shape index (κ3) is 5.86. The van der Waals surface area contributed by atoms with Crippen LogP contribution in [0.1, 0.15) is 12.0 Å². The van der Waals surface area contributed by atoms with E-state index in [-0.39, 0.29) is 51.0 Å². The van der Waals surface area contributed by atoms with Crippen LogP contribution in [-0.2, 0) is 26.2 Å². The molecule has 0 saturated heterocycles. The molecule has 2 nitrogen and oxygen atoms in total. The molecule has 0 N–H and O–H groups in total. The molecule has 0 unspecified atom stereocenters. The zero-order valence-corrected chi connectivity index (χ0v) is 21.3. The van der Waals surface area contributed by atoms with Crippen LogP contribution in [0.3, 0.4) is 0 Å². The van der Waals surface area contributed by atoms with Gasteiger partial charge in [-0.1, -0.05) is 48.9 Å². The van der Waals surface area contributed by atoms with E-state index in [4.69, 9.17) is 9.47 Å². The zero-order chi connectivity index (χ0) is 19.3. The monoisotopic (exact) mass is 526 g/mol. The predicted octanol–water partition coefficient (Wildman–Crippen LogP) is 0.568. The SMILES string of the molecule is COc1cccc(OC)c1C1=[C-]CC=C1.[Cl-].[Cl-].[Zr+4].c1ccc2c(c1)[cH-]c1ccccc12. The van der Waals surface area contributed by atoms with Crippen LogP contribution in [0.4, 0.5) is 0 Å². The van der Waals surface area contributed by atoms with Gasteiger partial charge in [0.25, 0.3) is 0 Å². The Morgan fingerprint density at radius 1 is 0.742 bits per heavy atom. The van der Waals surface area contributed by atoms with Gasteiger partial charge in [0.2, 0.25) is 0 Å². The van der Waals surface area contributed by atoms with Crippen molar-refractivity contribution in [2.24, 2.45) is 0 Å². The van der Waals surface area contributed by atoms with E-state index in [1.807, 2.05) is 24.3 Å². The van der Waals surface area contributed by atoms with E-state index in [2.05, 4.69) is 66.7 Å². The van der Waals surface area contributed by atoms with Crippen LogP contribution in [0.5, 0.6) is 11.5 Å². The summed E-state index contributed by atoms with van der Waals surface area (Å²) >= 11 is 0.